The average Bonchev–Trinajstić information content (AvgIpc) is 2.79. The second-order valence-corrected chi connectivity index (χ2v) is 9.87. The third-order valence-electron chi connectivity index (χ3n) is 5.72. The van der Waals surface area contributed by atoms with E-state index in [2.05, 4.69) is 10.6 Å². The van der Waals surface area contributed by atoms with Crippen LogP contribution in [0.4, 0.5) is 10.1 Å². The maximum absolute atomic E-state index is 13.1. The molecule has 2 aromatic rings. The largest absolute Gasteiger partial charge is 0.479 e. The number of hydrogen-bond acceptors (Lipinski definition) is 5. The lowest BCUT2D eigenvalue weighted by atomic mass is 9.97. The number of anilines is 1. The second-order valence-electron chi connectivity index (χ2n) is 7.93. The number of rotatable bonds is 5. The van der Waals surface area contributed by atoms with E-state index in [1.165, 1.54) is 34.6 Å². The van der Waals surface area contributed by atoms with E-state index in [1.807, 2.05) is 0 Å². The van der Waals surface area contributed by atoms with Gasteiger partial charge in [-0.05, 0) is 55.7 Å². The highest BCUT2D eigenvalue weighted by molar-refractivity contribution is 7.89. The predicted octanol–water partition coefficient (Wildman–Crippen LogP) is 2.26. The monoisotopic (exact) mass is 461 g/mol. The number of benzene rings is 2. The summed E-state index contributed by atoms with van der Waals surface area (Å²) in [6.45, 7) is 2.34. The van der Waals surface area contributed by atoms with E-state index >= 15 is 0 Å². The Kier molecular flexibility index (Phi) is 6.16. The van der Waals surface area contributed by atoms with Crippen molar-refractivity contribution in [2.24, 2.45) is 5.92 Å². The van der Waals surface area contributed by atoms with Gasteiger partial charge >= 0.3 is 0 Å². The van der Waals surface area contributed by atoms with Crippen molar-refractivity contribution >= 4 is 27.5 Å². The molecule has 2 aliphatic heterocycles. The van der Waals surface area contributed by atoms with Gasteiger partial charge < -0.3 is 15.4 Å². The Balaban J connectivity index is 1.36. The molecule has 1 unspecified atom stereocenters. The number of hydrogen-bond donors (Lipinski definition) is 2. The maximum atomic E-state index is 13.1. The first-order chi connectivity index (χ1) is 15.2. The standard InChI is InChI=1S/C22H24FN3O5S/c1-14-21(27)25-19-12-18(6-7-20(19)31-14)32(29,30)26-10-8-16(9-11-26)22(28)24-13-15-2-4-17(23)5-3-15/h2-7,12,14,16H,8-11,13H2,1H3,(H,24,28)(H,25,27). The second kappa shape index (κ2) is 8.87. The summed E-state index contributed by atoms with van der Waals surface area (Å²) in [5.41, 5.74) is 1.11. The van der Waals surface area contributed by atoms with E-state index in [4.69, 9.17) is 4.74 Å². The van der Waals surface area contributed by atoms with Gasteiger partial charge in [0.2, 0.25) is 15.9 Å². The zero-order valence-corrected chi connectivity index (χ0v) is 18.3. The molecule has 1 saturated heterocycles. The number of fused-ring (bicyclic) bond motifs is 1. The van der Waals surface area contributed by atoms with Gasteiger partial charge in [-0.2, -0.15) is 4.31 Å². The molecule has 2 amide bonds. The van der Waals surface area contributed by atoms with Crippen LogP contribution in [0.5, 0.6) is 5.75 Å². The molecule has 0 aliphatic carbocycles. The van der Waals surface area contributed by atoms with Gasteiger partial charge in [0.15, 0.2) is 6.10 Å². The molecule has 32 heavy (non-hydrogen) atoms. The fraction of sp³-hybridized carbons (Fsp3) is 0.364. The van der Waals surface area contributed by atoms with Gasteiger partial charge in [0.05, 0.1) is 10.6 Å². The topological polar surface area (TPSA) is 105 Å². The molecule has 8 nitrogen and oxygen atoms in total. The molecule has 2 N–H and O–H groups in total. The minimum Gasteiger partial charge on any atom is -0.479 e. The van der Waals surface area contributed by atoms with Crippen molar-refractivity contribution in [2.45, 2.75) is 37.3 Å². The van der Waals surface area contributed by atoms with Gasteiger partial charge in [0.25, 0.3) is 5.91 Å². The van der Waals surface area contributed by atoms with E-state index in [1.54, 1.807) is 19.1 Å². The van der Waals surface area contributed by atoms with E-state index < -0.39 is 16.1 Å². The zero-order chi connectivity index (χ0) is 22.9. The Morgan fingerprint density at radius 2 is 1.88 bits per heavy atom. The van der Waals surface area contributed by atoms with Gasteiger partial charge in [0, 0.05) is 25.6 Å². The highest BCUT2D eigenvalue weighted by Gasteiger charge is 2.33. The van der Waals surface area contributed by atoms with Crippen molar-refractivity contribution < 1.29 is 27.1 Å². The molecular formula is C22H24FN3O5S. The molecule has 2 heterocycles. The summed E-state index contributed by atoms with van der Waals surface area (Å²) >= 11 is 0. The first-order valence-electron chi connectivity index (χ1n) is 10.4. The summed E-state index contributed by atoms with van der Waals surface area (Å²) in [6, 6.07) is 10.3. The van der Waals surface area contributed by atoms with E-state index in [9.17, 15) is 22.4 Å². The Hall–Kier alpha value is -2.98. The van der Waals surface area contributed by atoms with Crippen molar-refractivity contribution in [3.8, 4) is 5.75 Å². The van der Waals surface area contributed by atoms with Crippen molar-refractivity contribution in [3.63, 3.8) is 0 Å². The van der Waals surface area contributed by atoms with E-state index in [-0.39, 0.29) is 41.5 Å². The zero-order valence-electron chi connectivity index (χ0n) is 17.5. The smallest absolute Gasteiger partial charge is 0.265 e. The van der Waals surface area contributed by atoms with Gasteiger partial charge in [-0.15, -0.1) is 0 Å². The predicted molar refractivity (Wildman–Crippen MR) is 115 cm³/mol. The molecular weight excluding hydrogens is 437 g/mol. The number of sulfonamides is 1. The molecule has 1 fully saturated rings. The molecule has 0 aromatic heterocycles. The lowest BCUT2D eigenvalue weighted by molar-refractivity contribution is -0.126. The van der Waals surface area contributed by atoms with Crippen LogP contribution < -0.4 is 15.4 Å². The minimum atomic E-state index is -3.78. The van der Waals surface area contributed by atoms with Gasteiger partial charge in [-0.3, -0.25) is 9.59 Å². The normalized spacial score (nSPS) is 19.6. The van der Waals surface area contributed by atoms with Crippen LogP contribution in [0, 0.1) is 11.7 Å². The van der Waals surface area contributed by atoms with Gasteiger partial charge in [0.1, 0.15) is 11.6 Å². The number of ether oxygens (including phenoxy) is 1. The highest BCUT2D eigenvalue weighted by atomic mass is 32.2. The summed E-state index contributed by atoms with van der Waals surface area (Å²) in [5.74, 6) is -0.683. The van der Waals surface area contributed by atoms with E-state index in [0.29, 0.717) is 30.8 Å². The quantitative estimate of drug-likeness (QED) is 0.711. The van der Waals surface area contributed by atoms with Crippen molar-refractivity contribution in [3.05, 3.63) is 53.8 Å². The first kappa shape index (κ1) is 22.2. The first-order valence-corrected chi connectivity index (χ1v) is 11.8. The minimum absolute atomic E-state index is 0.0638. The molecule has 0 radical (unpaired) electrons. The molecule has 0 spiro atoms. The number of piperidine rings is 1. The van der Waals surface area contributed by atoms with Crippen molar-refractivity contribution in [1.82, 2.24) is 9.62 Å². The van der Waals surface area contributed by atoms with Gasteiger partial charge in [-0.1, -0.05) is 12.1 Å². The number of nitrogens with one attached hydrogen (secondary N) is 2. The van der Waals surface area contributed by atoms with Crippen LogP contribution >= 0.6 is 0 Å². The molecule has 4 rings (SSSR count). The fourth-order valence-corrected chi connectivity index (χ4v) is 5.29. The summed E-state index contributed by atoms with van der Waals surface area (Å²) in [6.07, 6.45) is 0.159. The van der Waals surface area contributed by atoms with Crippen LogP contribution in [0.1, 0.15) is 25.3 Å². The number of halogens is 1. The Bertz CT molecular complexity index is 1130. The lowest BCUT2D eigenvalue weighted by Gasteiger charge is -2.31. The van der Waals surface area contributed by atoms with Crippen LogP contribution in [-0.4, -0.2) is 43.7 Å². The van der Waals surface area contributed by atoms with E-state index in [0.717, 1.165) is 5.56 Å². The number of carbonyl (C=O) groups is 2. The highest BCUT2D eigenvalue weighted by Crippen LogP contribution is 2.33. The number of nitrogens with zero attached hydrogens (tertiary/aromatic N) is 1. The number of carbonyl (C=O) groups excluding carboxylic acids is 2. The summed E-state index contributed by atoms with van der Waals surface area (Å²) in [5, 5.41) is 5.49. The molecule has 2 aromatic carbocycles. The molecule has 10 heteroatoms. The average molecular weight is 462 g/mol. The van der Waals surface area contributed by atoms with Crippen LogP contribution in [0.25, 0.3) is 0 Å². The fourth-order valence-electron chi connectivity index (χ4n) is 3.79. The van der Waals surface area contributed by atoms with Crippen molar-refractivity contribution in [2.75, 3.05) is 18.4 Å². The SMILES string of the molecule is CC1Oc2ccc(S(=O)(=O)N3CCC(C(=O)NCc4ccc(F)cc4)CC3)cc2NC1=O. The lowest BCUT2D eigenvalue weighted by Crippen LogP contribution is -2.43. The summed E-state index contributed by atoms with van der Waals surface area (Å²) < 4.78 is 46.0. The molecule has 0 bridgehead atoms. The van der Waals surface area contributed by atoms with Crippen LogP contribution in [0.3, 0.4) is 0 Å². The molecule has 2 aliphatic rings. The van der Waals surface area contributed by atoms with Gasteiger partial charge in [-0.25, -0.2) is 12.8 Å². The Morgan fingerprint density at radius 1 is 1.19 bits per heavy atom. The van der Waals surface area contributed by atoms with Crippen LogP contribution in [-0.2, 0) is 26.2 Å². The maximum Gasteiger partial charge on any atom is 0.265 e. The van der Waals surface area contributed by atoms with Crippen LogP contribution in [0.2, 0.25) is 0 Å². The Morgan fingerprint density at radius 3 is 2.56 bits per heavy atom. The molecule has 170 valence electrons. The van der Waals surface area contributed by atoms with Crippen molar-refractivity contribution in [1.29, 1.82) is 0 Å². The Labute approximate surface area is 185 Å². The van der Waals surface area contributed by atoms with Crippen LogP contribution in [0.15, 0.2) is 47.4 Å². The summed E-state index contributed by atoms with van der Waals surface area (Å²) in [7, 11) is -3.78. The molecule has 0 saturated carbocycles. The third kappa shape index (κ3) is 4.61. The number of amides is 2. The third-order valence-corrected chi connectivity index (χ3v) is 7.62. The molecule has 1 atom stereocenters. The summed E-state index contributed by atoms with van der Waals surface area (Å²) in [4.78, 5) is 24.4.